The van der Waals surface area contributed by atoms with Gasteiger partial charge in [-0.1, -0.05) is 42.5 Å². The van der Waals surface area contributed by atoms with Crippen molar-refractivity contribution in [2.75, 3.05) is 0 Å². The topological polar surface area (TPSA) is 72.9 Å². The summed E-state index contributed by atoms with van der Waals surface area (Å²) in [5, 5.41) is 0. The Balaban J connectivity index is 1.84. The van der Waals surface area contributed by atoms with Crippen LogP contribution in [0.2, 0.25) is 0 Å². The molecule has 0 spiro atoms. The number of fused-ring (bicyclic) bond motifs is 1. The van der Waals surface area contributed by atoms with Crippen molar-refractivity contribution in [3.63, 3.8) is 0 Å². The summed E-state index contributed by atoms with van der Waals surface area (Å²) in [7, 11) is 0. The van der Waals surface area contributed by atoms with Crippen molar-refractivity contribution in [3.8, 4) is 0 Å². The van der Waals surface area contributed by atoms with Crippen LogP contribution >= 0.6 is 0 Å². The third-order valence-corrected chi connectivity index (χ3v) is 4.87. The lowest BCUT2D eigenvalue weighted by Gasteiger charge is -2.36. The molecule has 6 heteroatoms. The molecule has 2 aromatic rings. The van der Waals surface area contributed by atoms with Gasteiger partial charge in [-0.05, 0) is 50.5 Å². The number of esters is 1. The fourth-order valence-corrected chi connectivity index (χ4v) is 3.35. The van der Waals surface area contributed by atoms with Gasteiger partial charge in [0.1, 0.15) is 18.2 Å². The molecule has 158 valence electrons. The normalized spacial score (nSPS) is 15.9. The number of rotatable bonds is 4. The van der Waals surface area contributed by atoms with E-state index in [1.54, 1.807) is 32.9 Å². The Bertz CT molecular complexity index is 946. The maximum atomic E-state index is 12.9. The molecule has 1 aliphatic rings. The first-order valence-electron chi connectivity index (χ1n) is 9.97. The van der Waals surface area contributed by atoms with Crippen LogP contribution in [0.1, 0.15) is 54.7 Å². The number of ketones is 1. The van der Waals surface area contributed by atoms with E-state index in [1.165, 1.54) is 11.8 Å². The van der Waals surface area contributed by atoms with Crippen LogP contribution in [0.3, 0.4) is 0 Å². The van der Waals surface area contributed by atoms with Crippen molar-refractivity contribution in [2.24, 2.45) is 0 Å². The predicted molar refractivity (Wildman–Crippen MR) is 112 cm³/mol. The first-order chi connectivity index (χ1) is 14.1. The zero-order chi connectivity index (χ0) is 21.9. The second-order valence-corrected chi connectivity index (χ2v) is 8.46. The van der Waals surface area contributed by atoms with E-state index in [0.29, 0.717) is 12.0 Å². The van der Waals surface area contributed by atoms with Crippen molar-refractivity contribution in [1.82, 2.24) is 4.90 Å². The SMILES string of the molecule is CC(=O)c1ccc2c(c1)CN(C(=O)OC(C)(C)C)[C@@H](C(=O)OCc1ccccc1)C2. The third-order valence-electron chi connectivity index (χ3n) is 4.87. The summed E-state index contributed by atoms with van der Waals surface area (Å²) in [6, 6.07) is 14.0. The standard InChI is InChI=1S/C24H27NO5/c1-16(26)18-10-11-19-13-21(22(27)29-15-17-8-6-5-7-9-17)25(14-20(19)12-18)23(28)30-24(2,3)4/h5-12,21H,13-15H2,1-4H3/t21-/m1/s1. The molecule has 6 nitrogen and oxygen atoms in total. The highest BCUT2D eigenvalue weighted by Crippen LogP contribution is 2.27. The third kappa shape index (κ3) is 5.26. The molecule has 0 unspecified atom stereocenters. The maximum Gasteiger partial charge on any atom is 0.411 e. The van der Waals surface area contributed by atoms with Crippen LogP contribution in [0.15, 0.2) is 48.5 Å². The van der Waals surface area contributed by atoms with E-state index in [1.807, 2.05) is 36.4 Å². The van der Waals surface area contributed by atoms with Crippen LogP contribution in [0.5, 0.6) is 0 Å². The smallest absolute Gasteiger partial charge is 0.411 e. The van der Waals surface area contributed by atoms with Gasteiger partial charge in [-0.25, -0.2) is 9.59 Å². The molecule has 1 heterocycles. The minimum Gasteiger partial charge on any atom is -0.459 e. The summed E-state index contributed by atoms with van der Waals surface area (Å²) >= 11 is 0. The van der Waals surface area contributed by atoms with Gasteiger partial charge in [-0.15, -0.1) is 0 Å². The lowest BCUT2D eigenvalue weighted by Crippen LogP contribution is -2.50. The summed E-state index contributed by atoms with van der Waals surface area (Å²) in [6.07, 6.45) is -0.275. The lowest BCUT2D eigenvalue weighted by molar-refractivity contribution is -0.151. The van der Waals surface area contributed by atoms with E-state index in [4.69, 9.17) is 9.47 Å². The van der Waals surface area contributed by atoms with E-state index in [9.17, 15) is 14.4 Å². The first kappa shape index (κ1) is 21.6. The fraction of sp³-hybridized carbons (Fsp3) is 0.375. The number of ether oxygens (including phenoxy) is 2. The van der Waals surface area contributed by atoms with Gasteiger partial charge in [0, 0.05) is 12.0 Å². The van der Waals surface area contributed by atoms with Gasteiger partial charge >= 0.3 is 12.1 Å². The Morgan fingerprint density at radius 2 is 1.73 bits per heavy atom. The molecule has 0 fully saturated rings. The second-order valence-electron chi connectivity index (χ2n) is 8.46. The lowest BCUT2D eigenvalue weighted by atomic mass is 9.92. The van der Waals surface area contributed by atoms with Crippen LogP contribution in [-0.4, -0.2) is 34.4 Å². The van der Waals surface area contributed by atoms with Gasteiger partial charge < -0.3 is 9.47 Å². The monoisotopic (exact) mass is 409 g/mol. The predicted octanol–water partition coefficient (Wildman–Crippen LogP) is 4.29. The summed E-state index contributed by atoms with van der Waals surface area (Å²) < 4.78 is 11.0. The van der Waals surface area contributed by atoms with Crippen LogP contribution in [0, 0.1) is 0 Å². The summed E-state index contributed by atoms with van der Waals surface area (Å²) in [6.45, 7) is 7.14. The molecule has 1 amide bonds. The molecule has 0 bridgehead atoms. The molecular weight excluding hydrogens is 382 g/mol. The van der Waals surface area contributed by atoms with Gasteiger partial charge in [0.25, 0.3) is 0 Å². The molecule has 3 rings (SSSR count). The molecule has 0 aliphatic carbocycles. The number of amides is 1. The van der Waals surface area contributed by atoms with Crippen molar-refractivity contribution in [3.05, 3.63) is 70.8 Å². The summed E-state index contributed by atoms with van der Waals surface area (Å²) in [4.78, 5) is 38.9. The molecule has 1 atom stereocenters. The Hall–Kier alpha value is -3.15. The molecule has 0 N–H and O–H groups in total. The van der Waals surface area contributed by atoms with Gasteiger partial charge in [-0.2, -0.15) is 0 Å². The minimum absolute atomic E-state index is 0.0500. The highest BCUT2D eigenvalue weighted by Gasteiger charge is 2.38. The maximum absolute atomic E-state index is 12.9. The number of carbonyl (C=O) groups is 3. The second kappa shape index (κ2) is 8.69. The summed E-state index contributed by atoms with van der Waals surface area (Å²) in [5.41, 5.74) is 2.50. The van der Waals surface area contributed by atoms with Gasteiger partial charge in [0.2, 0.25) is 0 Å². The van der Waals surface area contributed by atoms with E-state index in [2.05, 4.69) is 0 Å². The Labute approximate surface area is 176 Å². The van der Waals surface area contributed by atoms with Crippen LogP contribution in [-0.2, 0) is 33.8 Å². The van der Waals surface area contributed by atoms with E-state index >= 15 is 0 Å². The molecule has 0 radical (unpaired) electrons. The number of nitrogens with zero attached hydrogens (tertiary/aromatic N) is 1. The largest absolute Gasteiger partial charge is 0.459 e. The Kier molecular flexibility index (Phi) is 6.25. The van der Waals surface area contributed by atoms with Gasteiger partial charge in [0.15, 0.2) is 5.78 Å². The van der Waals surface area contributed by atoms with E-state index in [0.717, 1.165) is 16.7 Å². The molecule has 1 aliphatic heterocycles. The van der Waals surface area contributed by atoms with Crippen LogP contribution in [0.4, 0.5) is 4.79 Å². The van der Waals surface area contributed by atoms with Crippen molar-refractivity contribution < 1.29 is 23.9 Å². The highest BCUT2D eigenvalue weighted by atomic mass is 16.6. The molecular formula is C24H27NO5. The van der Waals surface area contributed by atoms with Gasteiger partial charge in [0.05, 0.1) is 6.54 Å². The van der Waals surface area contributed by atoms with E-state index < -0.39 is 23.7 Å². The van der Waals surface area contributed by atoms with Crippen molar-refractivity contribution in [2.45, 2.75) is 58.9 Å². The zero-order valence-electron chi connectivity index (χ0n) is 17.8. The molecule has 0 saturated heterocycles. The summed E-state index contributed by atoms with van der Waals surface area (Å²) in [5.74, 6) is -0.531. The average Bonchev–Trinajstić information content (AvgIpc) is 2.70. The zero-order valence-corrected chi connectivity index (χ0v) is 17.8. The quantitative estimate of drug-likeness (QED) is 0.556. The average molecular weight is 409 g/mol. The van der Waals surface area contributed by atoms with Gasteiger partial charge in [-0.3, -0.25) is 9.69 Å². The molecule has 30 heavy (non-hydrogen) atoms. The van der Waals surface area contributed by atoms with Crippen LogP contribution < -0.4 is 0 Å². The number of hydrogen-bond acceptors (Lipinski definition) is 5. The van der Waals surface area contributed by atoms with Crippen molar-refractivity contribution in [1.29, 1.82) is 0 Å². The molecule has 0 saturated carbocycles. The van der Waals surface area contributed by atoms with E-state index in [-0.39, 0.29) is 18.9 Å². The molecule has 0 aromatic heterocycles. The Morgan fingerprint density at radius 1 is 1.03 bits per heavy atom. The molecule has 2 aromatic carbocycles. The minimum atomic E-state index is -0.792. The Morgan fingerprint density at radius 3 is 2.37 bits per heavy atom. The first-order valence-corrected chi connectivity index (χ1v) is 9.97. The van der Waals surface area contributed by atoms with Crippen LogP contribution in [0.25, 0.3) is 0 Å². The highest BCUT2D eigenvalue weighted by molar-refractivity contribution is 5.94. The van der Waals surface area contributed by atoms with Crippen molar-refractivity contribution >= 4 is 17.8 Å². The fourth-order valence-electron chi connectivity index (χ4n) is 3.35. The number of Topliss-reactive ketones (excluding diaryl/α,β-unsaturated/α-hetero) is 1. The number of carbonyl (C=O) groups excluding carboxylic acids is 3. The number of benzene rings is 2. The number of hydrogen-bond donors (Lipinski definition) is 0.